The maximum Gasteiger partial charge on any atom is 0.338 e. The van der Waals surface area contributed by atoms with Crippen molar-refractivity contribution in [1.82, 2.24) is 9.55 Å². The summed E-state index contributed by atoms with van der Waals surface area (Å²) in [5.41, 5.74) is 2.62. The van der Waals surface area contributed by atoms with Crippen molar-refractivity contribution in [2.24, 2.45) is 0 Å². The molecule has 0 saturated heterocycles. The first-order chi connectivity index (χ1) is 21.3. The number of fused-ring (bicyclic) bond motifs is 1. The van der Waals surface area contributed by atoms with Gasteiger partial charge in [0.1, 0.15) is 4.83 Å². The number of benzene rings is 3. The highest BCUT2D eigenvalue weighted by Crippen LogP contribution is 2.37. The summed E-state index contributed by atoms with van der Waals surface area (Å²) in [5.74, 6) is -1.78. The van der Waals surface area contributed by atoms with Crippen LogP contribution in [0.1, 0.15) is 39.4 Å². The lowest BCUT2D eigenvalue weighted by atomic mass is 10.0. The Morgan fingerprint density at radius 1 is 0.886 bits per heavy atom. The fourth-order valence-electron chi connectivity index (χ4n) is 4.69. The molecule has 3 aromatic carbocycles. The predicted octanol–water partition coefficient (Wildman–Crippen LogP) is 6.51. The molecule has 11 heteroatoms. The minimum Gasteiger partial charge on any atom is -0.462 e. The third-order valence-corrected chi connectivity index (χ3v) is 8.46. The van der Waals surface area contributed by atoms with Gasteiger partial charge in [-0.25, -0.2) is 14.6 Å². The molecule has 1 N–H and O–H groups in total. The van der Waals surface area contributed by atoms with E-state index in [4.69, 9.17) is 14.5 Å². The van der Waals surface area contributed by atoms with Crippen LogP contribution in [0.4, 0.5) is 5.69 Å². The van der Waals surface area contributed by atoms with E-state index >= 15 is 0 Å². The number of aromatic nitrogens is 2. The van der Waals surface area contributed by atoms with Crippen LogP contribution >= 0.6 is 23.1 Å². The number of hydrogen-bond acceptors (Lipinski definition) is 9. The van der Waals surface area contributed by atoms with E-state index in [0.29, 0.717) is 21.1 Å². The van der Waals surface area contributed by atoms with E-state index in [1.807, 2.05) is 67.6 Å². The highest BCUT2D eigenvalue weighted by atomic mass is 32.2. The Morgan fingerprint density at radius 2 is 1.48 bits per heavy atom. The molecule has 1 amide bonds. The molecule has 0 saturated carbocycles. The van der Waals surface area contributed by atoms with Crippen LogP contribution in [0.3, 0.4) is 0 Å². The van der Waals surface area contributed by atoms with Crippen molar-refractivity contribution in [3.63, 3.8) is 0 Å². The zero-order valence-corrected chi connectivity index (χ0v) is 25.9. The van der Waals surface area contributed by atoms with E-state index in [1.165, 1.54) is 34.1 Å². The number of aryl methyl sites for hydroxylation is 1. The summed E-state index contributed by atoms with van der Waals surface area (Å²) in [6.07, 6.45) is 0. The van der Waals surface area contributed by atoms with Crippen molar-refractivity contribution >= 4 is 56.8 Å². The van der Waals surface area contributed by atoms with Gasteiger partial charge in [-0.2, -0.15) is 0 Å². The molecule has 0 unspecified atom stereocenters. The first kappa shape index (κ1) is 30.7. The van der Waals surface area contributed by atoms with E-state index in [9.17, 15) is 19.2 Å². The average molecular weight is 628 g/mol. The Balaban J connectivity index is 1.48. The number of para-hydroxylation sites is 1. The molecule has 0 aliphatic heterocycles. The van der Waals surface area contributed by atoms with Crippen LogP contribution in [0.15, 0.2) is 88.8 Å². The lowest BCUT2D eigenvalue weighted by molar-refractivity contribution is -0.113. The van der Waals surface area contributed by atoms with Gasteiger partial charge in [0.2, 0.25) is 5.91 Å². The molecule has 224 valence electrons. The van der Waals surface area contributed by atoms with E-state index in [1.54, 1.807) is 13.8 Å². The van der Waals surface area contributed by atoms with Crippen molar-refractivity contribution < 1.29 is 23.9 Å². The van der Waals surface area contributed by atoms with Gasteiger partial charge in [-0.3, -0.25) is 14.2 Å². The summed E-state index contributed by atoms with van der Waals surface area (Å²) in [6, 6.07) is 23.1. The van der Waals surface area contributed by atoms with Crippen molar-refractivity contribution in [1.29, 1.82) is 0 Å². The van der Waals surface area contributed by atoms with Crippen molar-refractivity contribution in [2.75, 3.05) is 24.3 Å². The molecular weight excluding hydrogens is 599 g/mol. The smallest absolute Gasteiger partial charge is 0.338 e. The van der Waals surface area contributed by atoms with E-state index in [0.717, 1.165) is 27.8 Å². The second kappa shape index (κ2) is 13.7. The number of thioether (sulfide) groups is 1. The summed E-state index contributed by atoms with van der Waals surface area (Å²) < 4.78 is 11.7. The Bertz CT molecular complexity index is 1870. The number of amides is 1. The zero-order chi connectivity index (χ0) is 31.2. The van der Waals surface area contributed by atoms with Crippen LogP contribution in [0.2, 0.25) is 0 Å². The Kier molecular flexibility index (Phi) is 9.56. The number of ether oxygens (including phenoxy) is 2. The van der Waals surface area contributed by atoms with Crippen molar-refractivity contribution in [2.45, 2.75) is 25.9 Å². The van der Waals surface area contributed by atoms with Gasteiger partial charge in [0.25, 0.3) is 5.56 Å². The Morgan fingerprint density at radius 3 is 2.07 bits per heavy atom. The molecule has 0 spiro atoms. The zero-order valence-electron chi connectivity index (χ0n) is 24.3. The van der Waals surface area contributed by atoms with Crippen LogP contribution in [0.5, 0.6) is 0 Å². The molecule has 0 atom stereocenters. The predicted molar refractivity (Wildman–Crippen MR) is 173 cm³/mol. The number of nitrogens with zero attached hydrogens (tertiary/aromatic N) is 2. The number of rotatable bonds is 10. The van der Waals surface area contributed by atoms with Gasteiger partial charge >= 0.3 is 11.9 Å². The second-order valence-electron chi connectivity index (χ2n) is 9.53. The quantitative estimate of drug-likeness (QED) is 0.106. The van der Waals surface area contributed by atoms with Gasteiger partial charge in [0.05, 0.1) is 41.2 Å². The summed E-state index contributed by atoms with van der Waals surface area (Å²) >= 11 is 2.54. The first-order valence-corrected chi connectivity index (χ1v) is 15.7. The fourth-order valence-corrected chi connectivity index (χ4v) is 6.59. The molecule has 0 aliphatic carbocycles. The molecule has 2 aromatic heterocycles. The summed E-state index contributed by atoms with van der Waals surface area (Å²) in [6.45, 7) is 5.62. The van der Waals surface area contributed by atoms with Gasteiger partial charge in [-0.15, -0.1) is 11.3 Å². The Labute approximate surface area is 261 Å². The van der Waals surface area contributed by atoms with E-state index in [-0.39, 0.29) is 41.3 Å². The van der Waals surface area contributed by atoms with Gasteiger partial charge in [0, 0.05) is 16.1 Å². The van der Waals surface area contributed by atoms with Gasteiger partial charge in [-0.1, -0.05) is 60.3 Å². The molecular formula is C33H29N3O6S2. The number of carbonyl (C=O) groups is 3. The minimum atomic E-state index is -0.631. The van der Waals surface area contributed by atoms with Gasteiger partial charge in [0.15, 0.2) is 5.16 Å². The molecule has 5 rings (SSSR count). The standard InChI is InChI=1S/C33H29N3O6S2/c1-4-41-31(39)22-16-23(32(40)42-5-2)18-24(17-22)34-26(37)19-43-33-35-29-28(30(38)36(33)25-14-10-7-11-15-25)27(20(3)44-29)21-12-8-6-9-13-21/h6-18H,4-5,19H2,1-3H3,(H,34,37). The van der Waals surface area contributed by atoms with Crippen LogP contribution < -0.4 is 10.9 Å². The van der Waals surface area contributed by atoms with Crippen molar-refractivity contribution in [3.05, 3.63) is 105 Å². The van der Waals surface area contributed by atoms with Gasteiger partial charge < -0.3 is 14.8 Å². The lowest BCUT2D eigenvalue weighted by Gasteiger charge is -2.13. The number of carbonyl (C=O) groups excluding carboxylic acids is 3. The lowest BCUT2D eigenvalue weighted by Crippen LogP contribution is -2.23. The van der Waals surface area contributed by atoms with Crippen molar-refractivity contribution in [3.8, 4) is 16.8 Å². The number of esters is 2. The molecule has 0 bridgehead atoms. The first-order valence-electron chi connectivity index (χ1n) is 13.9. The maximum absolute atomic E-state index is 14.1. The van der Waals surface area contributed by atoms with E-state index < -0.39 is 17.8 Å². The normalized spacial score (nSPS) is 10.9. The van der Waals surface area contributed by atoms with Crippen LogP contribution in [-0.2, 0) is 14.3 Å². The summed E-state index contributed by atoms with van der Waals surface area (Å²) in [7, 11) is 0. The number of nitrogens with one attached hydrogen (secondary N) is 1. The molecule has 44 heavy (non-hydrogen) atoms. The number of hydrogen-bond donors (Lipinski definition) is 1. The third-order valence-electron chi connectivity index (χ3n) is 6.52. The monoisotopic (exact) mass is 627 g/mol. The highest BCUT2D eigenvalue weighted by Gasteiger charge is 2.22. The second-order valence-corrected chi connectivity index (χ2v) is 11.7. The number of thiophene rings is 1. The molecule has 5 aromatic rings. The number of anilines is 1. The Hall–Kier alpha value is -4.74. The molecule has 0 fully saturated rings. The summed E-state index contributed by atoms with van der Waals surface area (Å²) in [4.78, 5) is 58.5. The average Bonchev–Trinajstić information content (AvgIpc) is 3.36. The van der Waals surface area contributed by atoms with Crippen LogP contribution in [0, 0.1) is 6.92 Å². The molecule has 0 radical (unpaired) electrons. The maximum atomic E-state index is 14.1. The summed E-state index contributed by atoms with van der Waals surface area (Å²) in [5, 5.41) is 3.63. The van der Waals surface area contributed by atoms with Crippen LogP contribution in [0.25, 0.3) is 27.0 Å². The third kappa shape index (κ3) is 6.58. The molecule has 9 nitrogen and oxygen atoms in total. The van der Waals surface area contributed by atoms with Crippen LogP contribution in [-0.4, -0.2) is 46.4 Å². The molecule has 2 heterocycles. The topological polar surface area (TPSA) is 117 Å². The largest absolute Gasteiger partial charge is 0.462 e. The fraction of sp³-hybridized carbons (Fsp3) is 0.182. The van der Waals surface area contributed by atoms with Gasteiger partial charge in [-0.05, 0) is 56.7 Å². The minimum absolute atomic E-state index is 0.0982. The highest BCUT2D eigenvalue weighted by molar-refractivity contribution is 7.99. The molecule has 0 aliphatic rings. The SMILES string of the molecule is CCOC(=O)c1cc(NC(=O)CSc2nc3sc(C)c(-c4ccccc4)c3c(=O)n2-c2ccccc2)cc(C(=O)OCC)c1. The van der Waals surface area contributed by atoms with E-state index in [2.05, 4.69) is 5.32 Å².